The topological polar surface area (TPSA) is 41.6 Å². The van der Waals surface area contributed by atoms with Crippen molar-refractivity contribution in [2.75, 3.05) is 0 Å². The van der Waals surface area contributed by atoms with Crippen molar-refractivity contribution in [1.29, 1.82) is 0 Å². The predicted molar refractivity (Wildman–Crippen MR) is 51.6 cm³/mol. The minimum Gasteiger partial charge on any atom is -0.341 e. The Bertz CT molecular complexity index is 405. The van der Waals surface area contributed by atoms with Crippen molar-refractivity contribution in [2.24, 2.45) is 0 Å². The van der Waals surface area contributed by atoms with Gasteiger partial charge in [-0.1, -0.05) is 11.6 Å². The molecular weight excluding hydrogens is 186 g/mol. The molecule has 0 aliphatic heterocycles. The van der Waals surface area contributed by atoms with E-state index in [1.54, 1.807) is 18.5 Å². The van der Waals surface area contributed by atoms with Crippen molar-refractivity contribution in [3.63, 3.8) is 0 Å². The molecule has 0 radical (unpaired) electrons. The summed E-state index contributed by atoms with van der Waals surface area (Å²) in [4.78, 5) is 11.4. The van der Waals surface area contributed by atoms with E-state index in [2.05, 4.69) is 15.0 Å². The van der Waals surface area contributed by atoms with Gasteiger partial charge >= 0.3 is 0 Å². The largest absolute Gasteiger partial charge is 0.341 e. The van der Waals surface area contributed by atoms with Crippen LogP contribution in [0.3, 0.4) is 0 Å². The molecule has 0 saturated heterocycles. The van der Waals surface area contributed by atoms with Gasteiger partial charge in [-0.25, -0.2) is 4.98 Å². The highest BCUT2D eigenvalue weighted by atomic mass is 35.5. The highest BCUT2D eigenvalue weighted by molar-refractivity contribution is 6.30. The molecule has 2 aromatic heterocycles. The smallest absolute Gasteiger partial charge is 0.156 e. The Balaban J connectivity index is 2.41. The van der Waals surface area contributed by atoms with E-state index in [-0.39, 0.29) is 0 Å². The molecule has 0 aromatic carbocycles. The molecule has 0 bridgehead atoms. The molecule has 2 heterocycles. The van der Waals surface area contributed by atoms with Gasteiger partial charge in [0.2, 0.25) is 0 Å². The van der Waals surface area contributed by atoms with Gasteiger partial charge in [-0.15, -0.1) is 0 Å². The van der Waals surface area contributed by atoms with Gasteiger partial charge in [0.15, 0.2) is 5.82 Å². The second kappa shape index (κ2) is 3.18. The van der Waals surface area contributed by atoms with Gasteiger partial charge in [-0.2, -0.15) is 0 Å². The van der Waals surface area contributed by atoms with Crippen LogP contribution in [0.1, 0.15) is 5.69 Å². The summed E-state index contributed by atoms with van der Waals surface area (Å²) in [7, 11) is 0. The lowest BCUT2D eigenvalue weighted by Crippen LogP contribution is -1.84. The van der Waals surface area contributed by atoms with Crippen molar-refractivity contribution in [2.45, 2.75) is 6.92 Å². The van der Waals surface area contributed by atoms with Gasteiger partial charge < -0.3 is 4.98 Å². The monoisotopic (exact) mass is 193 g/mol. The average molecular weight is 194 g/mol. The lowest BCUT2D eigenvalue weighted by Gasteiger charge is -1.94. The molecule has 0 unspecified atom stereocenters. The molecule has 66 valence electrons. The fourth-order valence-electron chi connectivity index (χ4n) is 1.06. The summed E-state index contributed by atoms with van der Waals surface area (Å²) in [6, 6.07) is 3.63. The Morgan fingerprint density at radius 1 is 1.23 bits per heavy atom. The molecule has 4 heteroatoms. The molecule has 0 atom stereocenters. The summed E-state index contributed by atoms with van der Waals surface area (Å²) in [5, 5.41) is 0.632. The van der Waals surface area contributed by atoms with Crippen LogP contribution in [-0.2, 0) is 0 Å². The zero-order valence-corrected chi connectivity index (χ0v) is 7.84. The minimum absolute atomic E-state index is 0.632. The molecule has 0 fully saturated rings. The third-order valence-electron chi connectivity index (χ3n) is 1.67. The number of H-pyrrole nitrogens is 1. The standard InChI is InChI=1S/C9H8ClN3/c1-6-4-12-9(13-6)8-3-2-7(10)5-11-8/h2-5H,1H3,(H,12,13). The van der Waals surface area contributed by atoms with Crippen LogP contribution in [0.2, 0.25) is 5.02 Å². The van der Waals surface area contributed by atoms with E-state index in [0.717, 1.165) is 17.2 Å². The number of pyridine rings is 1. The molecule has 0 aliphatic carbocycles. The third kappa shape index (κ3) is 1.70. The molecule has 0 aliphatic rings. The van der Waals surface area contributed by atoms with E-state index >= 15 is 0 Å². The molecule has 2 rings (SSSR count). The van der Waals surface area contributed by atoms with E-state index in [9.17, 15) is 0 Å². The highest BCUT2D eigenvalue weighted by Crippen LogP contribution is 2.14. The normalized spacial score (nSPS) is 10.3. The lowest BCUT2D eigenvalue weighted by atomic mass is 10.3. The van der Waals surface area contributed by atoms with Crippen LogP contribution in [0.25, 0.3) is 11.5 Å². The summed E-state index contributed by atoms with van der Waals surface area (Å²) >= 11 is 5.71. The lowest BCUT2D eigenvalue weighted by molar-refractivity contribution is 1.20. The maximum Gasteiger partial charge on any atom is 0.156 e. The van der Waals surface area contributed by atoms with Crippen LogP contribution in [0.15, 0.2) is 24.5 Å². The van der Waals surface area contributed by atoms with E-state index in [1.165, 1.54) is 0 Å². The second-order valence-electron chi connectivity index (χ2n) is 2.78. The number of halogens is 1. The van der Waals surface area contributed by atoms with Crippen LogP contribution in [0.5, 0.6) is 0 Å². The van der Waals surface area contributed by atoms with Crippen LogP contribution >= 0.6 is 11.6 Å². The minimum atomic E-state index is 0.632. The van der Waals surface area contributed by atoms with Crippen molar-refractivity contribution in [3.8, 4) is 11.5 Å². The number of aryl methyl sites for hydroxylation is 1. The van der Waals surface area contributed by atoms with Gasteiger partial charge in [-0.05, 0) is 19.1 Å². The third-order valence-corrected chi connectivity index (χ3v) is 1.90. The molecule has 3 nitrogen and oxygen atoms in total. The summed E-state index contributed by atoms with van der Waals surface area (Å²) in [6.45, 7) is 1.95. The number of nitrogens with one attached hydrogen (secondary N) is 1. The Morgan fingerprint density at radius 3 is 2.62 bits per heavy atom. The number of rotatable bonds is 1. The zero-order chi connectivity index (χ0) is 9.26. The summed E-state index contributed by atoms with van der Waals surface area (Å²) in [5.74, 6) is 0.772. The van der Waals surface area contributed by atoms with Gasteiger partial charge in [0.05, 0.1) is 5.02 Å². The van der Waals surface area contributed by atoms with Gasteiger partial charge in [0.25, 0.3) is 0 Å². The Morgan fingerprint density at radius 2 is 2.08 bits per heavy atom. The van der Waals surface area contributed by atoms with E-state index in [4.69, 9.17) is 11.6 Å². The first-order valence-corrected chi connectivity index (χ1v) is 4.27. The summed E-state index contributed by atoms with van der Waals surface area (Å²) in [5.41, 5.74) is 1.82. The van der Waals surface area contributed by atoms with Crippen LogP contribution in [0, 0.1) is 6.92 Å². The SMILES string of the molecule is Cc1cnc(-c2ccc(Cl)cn2)[nH]1. The van der Waals surface area contributed by atoms with Crippen LogP contribution in [-0.4, -0.2) is 15.0 Å². The molecule has 0 saturated carbocycles. The number of aromatic nitrogens is 3. The van der Waals surface area contributed by atoms with E-state index in [0.29, 0.717) is 5.02 Å². The number of nitrogens with zero attached hydrogens (tertiary/aromatic N) is 2. The molecule has 0 spiro atoms. The fraction of sp³-hybridized carbons (Fsp3) is 0.111. The quantitative estimate of drug-likeness (QED) is 0.756. The molecule has 13 heavy (non-hydrogen) atoms. The van der Waals surface area contributed by atoms with E-state index in [1.807, 2.05) is 13.0 Å². The Labute approximate surface area is 80.8 Å². The summed E-state index contributed by atoms with van der Waals surface area (Å²) < 4.78 is 0. The number of aromatic amines is 1. The fourth-order valence-corrected chi connectivity index (χ4v) is 1.17. The molecule has 2 aromatic rings. The van der Waals surface area contributed by atoms with Crippen molar-refractivity contribution < 1.29 is 0 Å². The average Bonchev–Trinajstić information content (AvgIpc) is 2.53. The summed E-state index contributed by atoms with van der Waals surface area (Å²) in [6.07, 6.45) is 3.38. The molecule has 1 N–H and O–H groups in total. The van der Waals surface area contributed by atoms with Crippen LogP contribution < -0.4 is 0 Å². The van der Waals surface area contributed by atoms with Crippen molar-refractivity contribution >= 4 is 11.6 Å². The highest BCUT2D eigenvalue weighted by Gasteiger charge is 2.01. The van der Waals surface area contributed by atoms with Gasteiger partial charge in [0.1, 0.15) is 5.69 Å². The molecular formula is C9H8ClN3. The van der Waals surface area contributed by atoms with Gasteiger partial charge in [0, 0.05) is 18.1 Å². The first-order chi connectivity index (χ1) is 6.25. The van der Waals surface area contributed by atoms with Gasteiger partial charge in [-0.3, -0.25) is 4.98 Å². The maximum atomic E-state index is 5.71. The first kappa shape index (κ1) is 8.26. The second-order valence-corrected chi connectivity index (χ2v) is 3.21. The first-order valence-electron chi connectivity index (χ1n) is 3.89. The zero-order valence-electron chi connectivity index (χ0n) is 7.08. The van der Waals surface area contributed by atoms with E-state index < -0.39 is 0 Å². The molecule has 0 amide bonds. The predicted octanol–water partition coefficient (Wildman–Crippen LogP) is 2.43. The number of imidazole rings is 1. The number of hydrogen-bond acceptors (Lipinski definition) is 2. The van der Waals surface area contributed by atoms with Crippen LogP contribution in [0.4, 0.5) is 0 Å². The van der Waals surface area contributed by atoms with Crippen molar-refractivity contribution in [1.82, 2.24) is 15.0 Å². The van der Waals surface area contributed by atoms with Crippen molar-refractivity contribution in [3.05, 3.63) is 35.2 Å². The Hall–Kier alpha value is -1.35. The maximum absolute atomic E-state index is 5.71. The Kier molecular flexibility index (Phi) is 2.02. The number of hydrogen-bond donors (Lipinski definition) is 1.